The molecule has 0 bridgehead atoms. The Morgan fingerprint density at radius 3 is 2.09 bits per heavy atom. The molecule has 0 heterocycles. The fraction of sp³-hybridized carbons (Fsp3) is 0.238. The van der Waals surface area contributed by atoms with Crippen molar-refractivity contribution in [1.29, 1.82) is 0 Å². The number of oxime groups is 1. The standard InChI is InChI=1S/C21H21ClN2O8/c1-28-17-6-12(5-16(22)19(17)29-2)10-23-32-11-18(25)24-15-8-13(20(26)30-3)7-14(9-15)21(27)31-4/h5-10H,11H2,1-4H3,(H,24,25)/b23-10+. The van der Waals surface area contributed by atoms with Crippen molar-refractivity contribution < 1.29 is 38.2 Å². The number of carbonyl (C=O) groups is 3. The second-order valence-corrected chi connectivity index (χ2v) is 6.48. The van der Waals surface area contributed by atoms with Gasteiger partial charge in [0.1, 0.15) is 0 Å². The van der Waals surface area contributed by atoms with E-state index in [4.69, 9.17) is 25.9 Å². The smallest absolute Gasteiger partial charge is 0.337 e. The number of amides is 1. The first-order chi connectivity index (χ1) is 15.3. The van der Waals surface area contributed by atoms with Crippen LogP contribution in [0.4, 0.5) is 5.69 Å². The molecule has 0 radical (unpaired) electrons. The van der Waals surface area contributed by atoms with Crippen LogP contribution in [0, 0.1) is 0 Å². The molecular formula is C21H21ClN2O8. The molecule has 0 saturated heterocycles. The fourth-order valence-corrected chi connectivity index (χ4v) is 2.87. The molecule has 0 unspecified atom stereocenters. The normalized spacial score (nSPS) is 10.4. The van der Waals surface area contributed by atoms with Crippen LogP contribution in [0.15, 0.2) is 35.5 Å². The zero-order valence-electron chi connectivity index (χ0n) is 17.8. The summed E-state index contributed by atoms with van der Waals surface area (Å²) in [4.78, 5) is 40.8. The summed E-state index contributed by atoms with van der Waals surface area (Å²) < 4.78 is 19.7. The first kappa shape index (κ1) is 24.5. The Bertz CT molecular complexity index is 1000. The number of anilines is 1. The largest absolute Gasteiger partial charge is 0.493 e. The van der Waals surface area contributed by atoms with Gasteiger partial charge in [-0.15, -0.1) is 0 Å². The van der Waals surface area contributed by atoms with E-state index in [9.17, 15) is 14.4 Å². The molecular weight excluding hydrogens is 444 g/mol. The van der Waals surface area contributed by atoms with Crippen molar-refractivity contribution in [3.8, 4) is 11.5 Å². The molecule has 0 aromatic heterocycles. The van der Waals surface area contributed by atoms with E-state index >= 15 is 0 Å². The lowest BCUT2D eigenvalue weighted by Gasteiger charge is -2.10. The lowest BCUT2D eigenvalue weighted by Crippen LogP contribution is -2.18. The molecule has 10 nitrogen and oxygen atoms in total. The highest BCUT2D eigenvalue weighted by Gasteiger charge is 2.15. The van der Waals surface area contributed by atoms with Gasteiger partial charge in [-0.3, -0.25) is 4.79 Å². The summed E-state index contributed by atoms with van der Waals surface area (Å²) in [6, 6.07) is 7.21. The Labute approximate surface area is 189 Å². The molecule has 1 amide bonds. The molecule has 11 heteroatoms. The molecule has 2 aromatic rings. The predicted octanol–water partition coefficient (Wildman–Crippen LogP) is 2.92. The van der Waals surface area contributed by atoms with E-state index in [1.807, 2.05) is 0 Å². The molecule has 0 aliphatic carbocycles. The van der Waals surface area contributed by atoms with E-state index in [-0.39, 0.29) is 16.8 Å². The SMILES string of the molecule is COC(=O)c1cc(NC(=O)CO/N=C/c2cc(Cl)c(OC)c(OC)c2)cc(C(=O)OC)c1. The van der Waals surface area contributed by atoms with Crippen LogP contribution in [-0.2, 0) is 19.1 Å². The Kier molecular flexibility index (Phi) is 8.84. The van der Waals surface area contributed by atoms with E-state index in [0.717, 1.165) is 0 Å². The summed E-state index contributed by atoms with van der Waals surface area (Å²) in [6.07, 6.45) is 1.34. The van der Waals surface area contributed by atoms with Gasteiger partial charge in [0.15, 0.2) is 18.1 Å². The predicted molar refractivity (Wildman–Crippen MR) is 116 cm³/mol. The molecule has 0 atom stereocenters. The van der Waals surface area contributed by atoms with Gasteiger partial charge in [0.05, 0.1) is 50.8 Å². The molecule has 0 fully saturated rings. The maximum Gasteiger partial charge on any atom is 0.337 e. The number of halogens is 1. The van der Waals surface area contributed by atoms with Crippen molar-refractivity contribution in [3.05, 3.63) is 52.0 Å². The number of hydrogen-bond donors (Lipinski definition) is 1. The molecule has 0 saturated carbocycles. The maximum atomic E-state index is 12.2. The van der Waals surface area contributed by atoms with Crippen molar-refractivity contribution in [2.24, 2.45) is 5.16 Å². The van der Waals surface area contributed by atoms with Gasteiger partial charge < -0.3 is 29.1 Å². The Hall–Kier alpha value is -3.79. The van der Waals surface area contributed by atoms with Crippen LogP contribution < -0.4 is 14.8 Å². The minimum atomic E-state index is -0.680. The highest BCUT2D eigenvalue weighted by molar-refractivity contribution is 6.32. The summed E-state index contributed by atoms with van der Waals surface area (Å²) >= 11 is 6.12. The molecule has 170 valence electrons. The van der Waals surface area contributed by atoms with E-state index in [1.54, 1.807) is 12.1 Å². The highest BCUT2D eigenvalue weighted by Crippen LogP contribution is 2.35. The van der Waals surface area contributed by atoms with Gasteiger partial charge in [0.2, 0.25) is 0 Å². The number of rotatable bonds is 9. The summed E-state index contributed by atoms with van der Waals surface area (Å²) in [5, 5.41) is 6.55. The van der Waals surface area contributed by atoms with E-state index in [1.165, 1.54) is 52.9 Å². The molecule has 1 N–H and O–H groups in total. The second-order valence-electron chi connectivity index (χ2n) is 6.08. The zero-order valence-corrected chi connectivity index (χ0v) is 18.5. The number of carbonyl (C=O) groups excluding carboxylic acids is 3. The summed E-state index contributed by atoms with van der Waals surface area (Å²) in [5.74, 6) is -1.15. The number of methoxy groups -OCH3 is 4. The first-order valence-electron chi connectivity index (χ1n) is 9.01. The van der Waals surface area contributed by atoms with Crippen LogP contribution in [0.1, 0.15) is 26.3 Å². The van der Waals surface area contributed by atoms with Crippen LogP contribution >= 0.6 is 11.6 Å². The van der Waals surface area contributed by atoms with Crippen molar-refractivity contribution >= 4 is 41.3 Å². The Balaban J connectivity index is 2.05. The van der Waals surface area contributed by atoms with E-state index < -0.39 is 24.5 Å². The van der Waals surface area contributed by atoms with Crippen molar-refractivity contribution in [1.82, 2.24) is 0 Å². The topological polar surface area (TPSA) is 122 Å². The summed E-state index contributed by atoms with van der Waals surface area (Å²) in [6.45, 7) is -0.437. The third-order valence-electron chi connectivity index (χ3n) is 3.99. The molecule has 0 spiro atoms. The number of nitrogens with zero attached hydrogens (tertiary/aromatic N) is 1. The van der Waals surface area contributed by atoms with Gasteiger partial charge in [-0.05, 0) is 30.3 Å². The number of esters is 2. The fourth-order valence-electron chi connectivity index (χ4n) is 2.57. The number of nitrogens with one attached hydrogen (secondary N) is 1. The maximum absolute atomic E-state index is 12.2. The molecule has 0 aliphatic rings. The minimum Gasteiger partial charge on any atom is -0.493 e. The monoisotopic (exact) mass is 464 g/mol. The molecule has 0 aliphatic heterocycles. The third kappa shape index (κ3) is 6.35. The Morgan fingerprint density at radius 2 is 1.56 bits per heavy atom. The van der Waals surface area contributed by atoms with Gasteiger partial charge in [-0.2, -0.15) is 0 Å². The number of ether oxygens (including phenoxy) is 4. The van der Waals surface area contributed by atoms with Gasteiger partial charge in [0.25, 0.3) is 5.91 Å². The van der Waals surface area contributed by atoms with Gasteiger partial charge >= 0.3 is 11.9 Å². The van der Waals surface area contributed by atoms with Crippen molar-refractivity contribution in [2.75, 3.05) is 40.4 Å². The quantitative estimate of drug-likeness (QED) is 0.341. The van der Waals surface area contributed by atoms with Crippen LogP contribution in [0.3, 0.4) is 0 Å². The average molecular weight is 465 g/mol. The van der Waals surface area contributed by atoms with E-state index in [0.29, 0.717) is 22.1 Å². The number of hydrogen-bond acceptors (Lipinski definition) is 9. The lowest BCUT2D eigenvalue weighted by atomic mass is 10.1. The third-order valence-corrected chi connectivity index (χ3v) is 4.27. The molecule has 2 aromatic carbocycles. The van der Waals surface area contributed by atoms with Crippen LogP contribution in [-0.4, -0.2) is 59.1 Å². The lowest BCUT2D eigenvalue weighted by molar-refractivity contribution is -0.120. The van der Waals surface area contributed by atoms with Crippen LogP contribution in [0.5, 0.6) is 11.5 Å². The minimum absolute atomic E-state index is 0.0648. The van der Waals surface area contributed by atoms with Gasteiger partial charge in [0, 0.05) is 11.3 Å². The number of benzene rings is 2. The summed E-state index contributed by atoms with van der Waals surface area (Å²) in [5.41, 5.74) is 0.865. The average Bonchev–Trinajstić information content (AvgIpc) is 2.79. The van der Waals surface area contributed by atoms with Crippen molar-refractivity contribution in [2.45, 2.75) is 0 Å². The summed E-state index contributed by atoms with van der Waals surface area (Å²) in [7, 11) is 5.33. The van der Waals surface area contributed by atoms with Crippen molar-refractivity contribution in [3.63, 3.8) is 0 Å². The molecule has 2 rings (SSSR count). The van der Waals surface area contributed by atoms with Gasteiger partial charge in [-0.25, -0.2) is 9.59 Å². The Morgan fingerprint density at radius 1 is 0.938 bits per heavy atom. The molecule has 32 heavy (non-hydrogen) atoms. The van der Waals surface area contributed by atoms with E-state index in [2.05, 4.69) is 19.9 Å². The zero-order chi connectivity index (χ0) is 23.7. The first-order valence-corrected chi connectivity index (χ1v) is 9.39. The van der Waals surface area contributed by atoms with Gasteiger partial charge in [-0.1, -0.05) is 16.8 Å². The van der Waals surface area contributed by atoms with Crippen LogP contribution in [0.2, 0.25) is 5.02 Å². The van der Waals surface area contributed by atoms with Crippen LogP contribution in [0.25, 0.3) is 0 Å². The second kappa shape index (κ2) is 11.6. The highest BCUT2D eigenvalue weighted by atomic mass is 35.5.